The second-order valence-corrected chi connectivity index (χ2v) is 2.79. The summed E-state index contributed by atoms with van der Waals surface area (Å²) in [6, 6.07) is 1.50. The molecule has 0 atom stereocenters. The van der Waals surface area contributed by atoms with Crippen LogP contribution < -0.4 is 0 Å². The number of hydrogen-bond acceptors (Lipinski definition) is 1. The number of halogens is 5. The third-order valence-corrected chi connectivity index (χ3v) is 1.78. The van der Waals surface area contributed by atoms with Gasteiger partial charge in [-0.3, -0.25) is 4.79 Å². The highest BCUT2D eigenvalue weighted by molar-refractivity contribution is 6.31. The Bertz CT molecular complexity index is 378. The van der Waals surface area contributed by atoms with Gasteiger partial charge in [0.2, 0.25) is 5.78 Å². The molecule has 0 amide bonds. The summed E-state index contributed by atoms with van der Waals surface area (Å²) in [6.45, 7) is 0. The van der Waals surface area contributed by atoms with Gasteiger partial charge in [0.15, 0.2) is 5.82 Å². The van der Waals surface area contributed by atoms with Crippen molar-refractivity contribution in [3.63, 3.8) is 0 Å². The SMILES string of the molecule is O=C(c1c(F)ccc(Cl)c1F)C(F)F. The minimum absolute atomic E-state index is 0.574. The summed E-state index contributed by atoms with van der Waals surface area (Å²) in [5.41, 5.74) is -1.30. The monoisotopic (exact) mass is 226 g/mol. The zero-order chi connectivity index (χ0) is 10.9. The van der Waals surface area contributed by atoms with Gasteiger partial charge in [-0.2, -0.15) is 0 Å². The molecular weight excluding hydrogens is 224 g/mol. The lowest BCUT2D eigenvalue weighted by Crippen LogP contribution is -2.14. The Hall–Kier alpha value is -1.10. The van der Waals surface area contributed by atoms with Crippen LogP contribution in [0.3, 0.4) is 0 Å². The number of carbonyl (C=O) groups excluding carboxylic acids is 1. The van der Waals surface area contributed by atoms with Crippen LogP contribution in [-0.2, 0) is 0 Å². The topological polar surface area (TPSA) is 17.1 Å². The molecule has 0 saturated carbocycles. The predicted octanol–water partition coefficient (Wildman–Crippen LogP) is 3.07. The number of ketones is 1. The van der Waals surface area contributed by atoms with E-state index in [9.17, 15) is 22.4 Å². The van der Waals surface area contributed by atoms with E-state index in [0.717, 1.165) is 6.07 Å². The minimum Gasteiger partial charge on any atom is -0.287 e. The Morgan fingerprint density at radius 3 is 2.36 bits per heavy atom. The first kappa shape index (κ1) is 11.0. The molecule has 0 N–H and O–H groups in total. The molecule has 0 spiro atoms. The number of alkyl halides is 2. The molecule has 1 aromatic rings. The molecule has 1 aromatic carbocycles. The molecule has 0 saturated heterocycles. The number of benzene rings is 1. The first-order valence-electron chi connectivity index (χ1n) is 3.41. The summed E-state index contributed by atoms with van der Waals surface area (Å²) in [5, 5.41) is -0.574. The van der Waals surface area contributed by atoms with Crippen molar-refractivity contribution in [2.75, 3.05) is 0 Å². The number of carbonyl (C=O) groups is 1. The molecule has 0 bridgehead atoms. The maximum absolute atomic E-state index is 12.9. The van der Waals surface area contributed by atoms with Crippen molar-refractivity contribution < 1.29 is 22.4 Å². The number of Topliss-reactive ketones (excluding diaryl/α,β-unsaturated/α-hetero) is 1. The second-order valence-electron chi connectivity index (χ2n) is 2.38. The third kappa shape index (κ3) is 1.87. The largest absolute Gasteiger partial charge is 0.300 e. The molecule has 6 heteroatoms. The van der Waals surface area contributed by atoms with Crippen LogP contribution in [-0.4, -0.2) is 12.2 Å². The molecule has 0 aliphatic heterocycles. The molecule has 0 aliphatic rings. The van der Waals surface area contributed by atoms with Gasteiger partial charge < -0.3 is 0 Å². The van der Waals surface area contributed by atoms with Gasteiger partial charge in [0.25, 0.3) is 0 Å². The van der Waals surface area contributed by atoms with Crippen LogP contribution in [0.15, 0.2) is 12.1 Å². The van der Waals surface area contributed by atoms with Gasteiger partial charge in [-0.05, 0) is 12.1 Å². The van der Waals surface area contributed by atoms with Gasteiger partial charge in [-0.15, -0.1) is 0 Å². The van der Waals surface area contributed by atoms with E-state index < -0.39 is 34.4 Å². The standard InChI is InChI=1S/C8H3ClF4O/c9-3-1-2-4(10)5(6(3)11)7(14)8(12)13/h1-2,8H. The molecule has 0 aromatic heterocycles. The third-order valence-electron chi connectivity index (χ3n) is 1.49. The minimum atomic E-state index is -3.46. The Morgan fingerprint density at radius 1 is 1.29 bits per heavy atom. The van der Waals surface area contributed by atoms with E-state index in [-0.39, 0.29) is 0 Å². The molecule has 14 heavy (non-hydrogen) atoms. The van der Waals surface area contributed by atoms with Crippen LogP contribution in [0, 0.1) is 11.6 Å². The zero-order valence-corrected chi connectivity index (χ0v) is 7.29. The smallest absolute Gasteiger partial charge is 0.287 e. The Morgan fingerprint density at radius 2 is 1.86 bits per heavy atom. The molecule has 76 valence electrons. The summed E-state index contributed by atoms with van der Waals surface area (Å²) < 4.78 is 49.5. The average Bonchev–Trinajstić information content (AvgIpc) is 2.12. The fourth-order valence-corrected chi connectivity index (χ4v) is 1.02. The summed E-state index contributed by atoms with van der Waals surface area (Å²) in [6.07, 6.45) is -3.46. The van der Waals surface area contributed by atoms with Crippen molar-refractivity contribution in [1.82, 2.24) is 0 Å². The Balaban J connectivity index is 3.33. The normalized spacial score (nSPS) is 10.7. The highest BCUT2D eigenvalue weighted by Gasteiger charge is 2.26. The van der Waals surface area contributed by atoms with E-state index in [4.69, 9.17) is 11.6 Å². The molecule has 0 fully saturated rings. The van der Waals surface area contributed by atoms with Crippen molar-refractivity contribution in [2.24, 2.45) is 0 Å². The summed E-state index contributed by atoms with van der Waals surface area (Å²) >= 11 is 5.20. The quantitative estimate of drug-likeness (QED) is 0.430. The van der Waals surface area contributed by atoms with E-state index in [1.807, 2.05) is 0 Å². The van der Waals surface area contributed by atoms with E-state index >= 15 is 0 Å². The summed E-state index contributed by atoms with van der Waals surface area (Å²) in [4.78, 5) is 10.6. The van der Waals surface area contributed by atoms with Crippen molar-refractivity contribution >= 4 is 17.4 Å². The van der Waals surface area contributed by atoms with Crippen LogP contribution in [0.4, 0.5) is 17.6 Å². The molecule has 0 aliphatic carbocycles. The maximum Gasteiger partial charge on any atom is 0.300 e. The first-order valence-corrected chi connectivity index (χ1v) is 3.78. The van der Waals surface area contributed by atoms with Gasteiger partial charge in [0, 0.05) is 0 Å². The van der Waals surface area contributed by atoms with Crippen LogP contribution in [0.5, 0.6) is 0 Å². The molecule has 0 heterocycles. The lowest BCUT2D eigenvalue weighted by atomic mass is 10.1. The van der Waals surface area contributed by atoms with Crippen molar-refractivity contribution in [3.8, 4) is 0 Å². The summed E-state index contributed by atoms with van der Waals surface area (Å²) in [5.74, 6) is -4.73. The molecule has 1 nitrogen and oxygen atoms in total. The predicted molar refractivity (Wildman–Crippen MR) is 41.7 cm³/mol. The van der Waals surface area contributed by atoms with Crippen LogP contribution in [0.2, 0.25) is 5.02 Å². The van der Waals surface area contributed by atoms with Gasteiger partial charge in [-0.1, -0.05) is 11.6 Å². The van der Waals surface area contributed by atoms with Crippen molar-refractivity contribution in [2.45, 2.75) is 6.43 Å². The lowest BCUT2D eigenvalue weighted by molar-refractivity contribution is 0.0669. The Labute approximate surface area is 81.3 Å². The lowest BCUT2D eigenvalue weighted by Gasteiger charge is -2.03. The molecule has 1 rings (SSSR count). The fraction of sp³-hybridized carbons (Fsp3) is 0.125. The summed E-state index contributed by atoms with van der Waals surface area (Å²) in [7, 11) is 0. The Kier molecular flexibility index (Phi) is 3.10. The van der Waals surface area contributed by atoms with Gasteiger partial charge >= 0.3 is 6.43 Å². The first-order chi connectivity index (χ1) is 6.45. The van der Waals surface area contributed by atoms with Crippen LogP contribution in [0.1, 0.15) is 10.4 Å². The maximum atomic E-state index is 12.9. The van der Waals surface area contributed by atoms with Gasteiger partial charge in [0.05, 0.1) is 10.6 Å². The average molecular weight is 227 g/mol. The molecular formula is C8H3ClF4O. The second kappa shape index (κ2) is 3.96. The van der Waals surface area contributed by atoms with Crippen LogP contribution >= 0.6 is 11.6 Å². The highest BCUT2D eigenvalue weighted by Crippen LogP contribution is 2.23. The fourth-order valence-electron chi connectivity index (χ4n) is 0.862. The van der Waals surface area contributed by atoms with Gasteiger partial charge in [-0.25, -0.2) is 17.6 Å². The van der Waals surface area contributed by atoms with Crippen molar-refractivity contribution in [3.05, 3.63) is 34.4 Å². The van der Waals surface area contributed by atoms with E-state index in [2.05, 4.69) is 0 Å². The number of rotatable bonds is 2. The van der Waals surface area contributed by atoms with E-state index in [1.54, 1.807) is 0 Å². The van der Waals surface area contributed by atoms with E-state index in [1.165, 1.54) is 0 Å². The number of hydrogen-bond donors (Lipinski definition) is 0. The van der Waals surface area contributed by atoms with Crippen molar-refractivity contribution in [1.29, 1.82) is 0 Å². The zero-order valence-electron chi connectivity index (χ0n) is 6.53. The van der Waals surface area contributed by atoms with Crippen LogP contribution in [0.25, 0.3) is 0 Å². The van der Waals surface area contributed by atoms with Gasteiger partial charge in [0.1, 0.15) is 5.82 Å². The molecule has 0 radical (unpaired) electrons. The van der Waals surface area contributed by atoms with E-state index in [0.29, 0.717) is 6.07 Å². The highest BCUT2D eigenvalue weighted by atomic mass is 35.5. The molecule has 0 unspecified atom stereocenters.